The molecule has 200 valence electrons. The maximum Gasteiger partial charge on any atom is 0.416 e. The third kappa shape index (κ3) is 4.80. The Morgan fingerprint density at radius 3 is 2.56 bits per heavy atom. The lowest BCUT2D eigenvalue weighted by atomic mass is 9.87. The molecule has 6 rings (SSSR count). The highest BCUT2D eigenvalue weighted by Crippen LogP contribution is 2.39. The van der Waals surface area contributed by atoms with Crippen LogP contribution in [0.15, 0.2) is 60.8 Å². The van der Waals surface area contributed by atoms with Gasteiger partial charge in [-0.05, 0) is 53.4 Å². The molecule has 0 radical (unpaired) electrons. The standard InChI is InChI=1S/C29H25F3N4O3/c30-29(31,32)23-4-2-1-3-21(23)20-14-35(15-20)13-17-9-10-33-24(11-17)18-5-6-22-19(12-18)16-36(28(22)39)25-7-8-26(37)34-27(25)38/h1-6,9-12,20,25H,7-8,13-16H2,(H,34,37,38). The summed E-state index contributed by atoms with van der Waals surface area (Å²) in [6.07, 6.45) is -2.16. The number of rotatable bonds is 5. The van der Waals surface area contributed by atoms with Crippen LogP contribution in [-0.2, 0) is 28.9 Å². The normalized spacial score (nSPS) is 20.1. The SMILES string of the molecule is O=C1CCC(N2Cc3cc(-c4cc(CN5CC(c6ccccc6C(F)(F)F)C5)ccn4)ccc3C2=O)C(=O)N1. The molecule has 39 heavy (non-hydrogen) atoms. The predicted octanol–water partition coefficient (Wildman–Crippen LogP) is 4.13. The van der Waals surface area contributed by atoms with Gasteiger partial charge in [0.2, 0.25) is 11.8 Å². The molecule has 0 spiro atoms. The second kappa shape index (κ2) is 9.60. The largest absolute Gasteiger partial charge is 0.416 e. The van der Waals surface area contributed by atoms with Crippen LogP contribution in [0.25, 0.3) is 11.3 Å². The van der Waals surface area contributed by atoms with Crippen LogP contribution in [0, 0.1) is 0 Å². The Morgan fingerprint density at radius 2 is 1.79 bits per heavy atom. The summed E-state index contributed by atoms with van der Waals surface area (Å²) in [4.78, 5) is 44.9. The van der Waals surface area contributed by atoms with Gasteiger partial charge < -0.3 is 4.90 Å². The smallest absolute Gasteiger partial charge is 0.322 e. The maximum absolute atomic E-state index is 13.4. The number of alkyl halides is 3. The second-order valence-electron chi connectivity index (χ2n) is 10.3. The van der Waals surface area contributed by atoms with Gasteiger partial charge in [0.25, 0.3) is 5.91 Å². The molecule has 10 heteroatoms. The molecule has 4 heterocycles. The lowest BCUT2D eigenvalue weighted by Crippen LogP contribution is -2.52. The lowest BCUT2D eigenvalue weighted by Gasteiger charge is -2.40. The van der Waals surface area contributed by atoms with E-state index < -0.39 is 23.7 Å². The Hall–Kier alpha value is -4.05. The van der Waals surface area contributed by atoms with Crippen LogP contribution >= 0.6 is 0 Å². The Morgan fingerprint density at radius 1 is 1.00 bits per heavy atom. The van der Waals surface area contributed by atoms with Crippen molar-refractivity contribution in [1.82, 2.24) is 20.1 Å². The zero-order chi connectivity index (χ0) is 27.3. The van der Waals surface area contributed by atoms with E-state index in [-0.39, 0.29) is 30.7 Å². The van der Waals surface area contributed by atoms with Crippen molar-refractivity contribution < 1.29 is 27.6 Å². The molecule has 1 unspecified atom stereocenters. The first-order valence-corrected chi connectivity index (χ1v) is 12.8. The van der Waals surface area contributed by atoms with Crippen LogP contribution in [0.2, 0.25) is 0 Å². The summed E-state index contributed by atoms with van der Waals surface area (Å²) >= 11 is 0. The van der Waals surface area contributed by atoms with E-state index in [1.54, 1.807) is 24.4 Å². The quantitative estimate of drug-likeness (QED) is 0.498. The Bertz CT molecular complexity index is 1480. The molecule has 0 saturated carbocycles. The molecule has 7 nitrogen and oxygen atoms in total. The highest BCUT2D eigenvalue weighted by atomic mass is 19.4. The summed E-state index contributed by atoms with van der Waals surface area (Å²) in [6.45, 7) is 1.96. The minimum atomic E-state index is -4.36. The van der Waals surface area contributed by atoms with Crippen LogP contribution < -0.4 is 5.32 Å². The van der Waals surface area contributed by atoms with E-state index in [0.717, 1.165) is 28.5 Å². The van der Waals surface area contributed by atoms with Gasteiger partial charge in [-0.25, -0.2) is 0 Å². The van der Waals surface area contributed by atoms with Crippen molar-refractivity contribution in [2.24, 2.45) is 0 Å². The highest BCUT2D eigenvalue weighted by Gasteiger charge is 2.40. The van der Waals surface area contributed by atoms with E-state index in [1.807, 2.05) is 24.3 Å². The zero-order valence-electron chi connectivity index (χ0n) is 20.9. The Kier molecular flexibility index (Phi) is 6.22. The average Bonchev–Trinajstić information content (AvgIpc) is 3.21. The molecule has 3 aliphatic heterocycles. The van der Waals surface area contributed by atoms with Crippen molar-refractivity contribution in [3.8, 4) is 11.3 Å². The number of fused-ring (bicyclic) bond motifs is 1. The lowest BCUT2D eigenvalue weighted by molar-refractivity contribution is -0.139. The van der Waals surface area contributed by atoms with Crippen LogP contribution in [0.1, 0.15) is 51.4 Å². The van der Waals surface area contributed by atoms with Gasteiger partial charge in [0, 0.05) is 55.8 Å². The van der Waals surface area contributed by atoms with Gasteiger partial charge >= 0.3 is 6.18 Å². The monoisotopic (exact) mass is 534 g/mol. The zero-order valence-corrected chi connectivity index (χ0v) is 20.9. The first kappa shape index (κ1) is 25.2. The molecule has 2 aromatic carbocycles. The van der Waals surface area contributed by atoms with E-state index in [2.05, 4.69) is 15.2 Å². The van der Waals surface area contributed by atoms with Crippen LogP contribution in [0.5, 0.6) is 0 Å². The van der Waals surface area contributed by atoms with Gasteiger partial charge in [-0.2, -0.15) is 13.2 Å². The van der Waals surface area contributed by atoms with E-state index in [9.17, 15) is 27.6 Å². The summed E-state index contributed by atoms with van der Waals surface area (Å²) < 4.78 is 40.2. The molecule has 1 atom stereocenters. The minimum Gasteiger partial charge on any atom is -0.322 e. The third-order valence-electron chi connectivity index (χ3n) is 7.71. The second-order valence-corrected chi connectivity index (χ2v) is 10.3. The van der Waals surface area contributed by atoms with Gasteiger partial charge in [0.05, 0.1) is 11.3 Å². The average molecular weight is 535 g/mol. The van der Waals surface area contributed by atoms with E-state index >= 15 is 0 Å². The summed E-state index contributed by atoms with van der Waals surface area (Å²) in [7, 11) is 0. The Balaban J connectivity index is 1.13. The van der Waals surface area contributed by atoms with Gasteiger partial charge in [0.15, 0.2) is 0 Å². The number of aromatic nitrogens is 1. The number of piperidine rings is 1. The maximum atomic E-state index is 13.4. The number of halogens is 3. The van der Waals surface area contributed by atoms with Crippen molar-refractivity contribution in [3.05, 3.63) is 88.6 Å². The summed E-state index contributed by atoms with van der Waals surface area (Å²) in [5.41, 5.74) is 3.65. The first-order chi connectivity index (χ1) is 18.7. The molecule has 2 fully saturated rings. The topological polar surface area (TPSA) is 82.6 Å². The third-order valence-corrected chi connectivity index (χ3v) is 7.71. The number of likely N-dealkylation sites (tertiary alicyclic amines) is 1. The van der Waals surface area contributed by atoms with Gasteiger partial charge in [-0.1, -0.05) is 24.3 Å². The molecular formula is C29H25F3N4O3. The fraction of sp³-hybridized carbons (Fsp3) is 0.310. The fourth-order valence-electron chi connectivity index (χ4n) is 5.73. The number of nitrogens with one attached hydrogen (secondary N) is 1. The molecule has 0 aliphatic carbocycles. The number of hydrogen-bond acceptors (Lipinski definition) is 5. The predicted molar refractivity (Wildman–Crippen MR) is 135 cm³/mol. The molecule has 3 aliphatic rings. The van der Waals surface area contributed by atoms with Crippen LogP contribution in [-0.4, -0.2) is 51.6 Å². The molecule has 2 saturated heterocycles. The number of benzene rings is 2. The van der Waals surface area contributed by atoms with Crippen molar-refractivity contribution in [2.45, 2.75) is 44.1 Å². The van der Waals surface area contributed by atoms with E-state index in [0.29, 0.717) is 37.2 Å². The van der Waals surface area contributed by atoms with Crippen molar-refractivity contribution in [2.75, 3.05) is 13.1 Å². The van der Waals surface area contributed by atoms with Crippen molar-refractivity contribution in [3.63, 3.8) is 0 Å². The summed E-state index contributed by atoms with van der Waals surface area (Å²) in [5, 5.41) is 2.31. The van der Waals surface area contributed by atoms with Crippen LogP contribution in [0.3, 0.4) is 0 Å². The van der Waals surface area contributed by atoms with Gasteiger partial charge in [-0.15, -0.1) is 0 Å². The molecule has 0 bridgehead atoms. The molecule has 1 aromatic heterocycles. The van der Waals surface area contributed by atoms with Crippen molar-refractivity contribution >= 4 is 17.7 Å². The van der Waals surface area contributed by atoms with E-state index in [1.165, 1.54) is 11.0 Å². The number of amides is 3. The van der Waals surface area contributed by atoms with Gasteiger partial charge in [-0.3, -0.25) is 29.6 Å². The van der Waals surface area contributed by atoms with Crippen LogP contribution in [0.4, 0.5) is 13.2 Å². The van der Waals surface area contributed by atoms with Crippen molar-refractivity contribution in [1.29, 1.82) is 0 Å². The Labute approximate surface area is 222 Å². The van der Waals surface area contributed by atoms with E-state index in [4.69, 9.17) is 0 Å². The number of imide groups is 1. The number of carbonyl (C=O) groups excluding carboxylic acids is 3. The fourth-order valence-corrected chi connectivity index (χ4v) is 5.73. The molecule has 3 aromatic rings. The highest BCUT2D eigenvalue weighted by molar-refractivity contribution is 6.05. The number of hydrogen-bond donors (Lipinski definition) is 1. The summed E-state index contributed by atoms with van der Waals surface area (Å²) in [5.74, 6) is -1.16. The minimum absolute atomic E-state index is 0.161. The number of carbonyl (C=O) groups is 3. The van der Waals surface area contributed by atoms with Gasteiger partial charge in [0.1, 0.15) is 6.04 Å². The summed E-state index contributed by atoms with van der Waals surface area (Å²) in [6, 6.07) is 14.4. The number of pyridine rings is 1. The first-order valence-electron chi connectivity index (χ1n) is 12.8. The molecule has 3 amide bonds. The molecule has 1 N–H and O–H groups in total. The number of nitrogens with zero attached hydrogens (tertiary/aromatic N) is 3. The molecular weight excluding hydrogens is 509 g/mol.